The first-order chi connectivity index (χ1) is 7.21. The maximum absolute atomic E-state index is 11.8. The molecule has 0 saturated heterocycles. The first kappa shape index (κ1) is 16.0. The summed E-state index contributed by atoms with van der Waals surface area (Å²) in [6.07, 6.45) is -1.75. The number of alkyl halides is 3. The van der Waals surface area contributed by atoms with Crippen LogP contribution in [-0.4, -0.2) is 21.5 Å². The molecule has 0 aliphatic carbocycles. The second-order valence-corrected chi connectivity index (χ2v) is 6.50. The highest BCUT2D eigenvalue weighted by Gasteiger charge is 2.25. The Hall–Kier alpha value is -0.0331. The molecule has 0 saturated carbocycles. The molecule has 0 aromatic heterocycles. The van der Waals surface area contributed by atoms with Gasteiger partial charge in [-0.05, 0) is 33.2 Å². The predicted octanol–water partition coefficient (Wildman–Crippen LogP) is 3.82. The third-order valence-electron chi connectivity index (χ3n) is 2.14. The van der Waals surface area contributed by atoms with Gasteiger partial charge in [0.2, 0.25) is 0 Å². The minimum absolute atomic E-state index is 0.0531. The largest absolute Gasteiger partial charge is 0.419 e. The van der Waals surface area contributed by atoms with E-state index in [1.165, 1.54) is 0 Å². The van der Waals surface area contributed by atoms with Crippen LogP contribution in [0.1, 0.15) is 52.9 Å². The summed E-state index contributed by atoms with van der Waals surface area (Å²) in [6.45, 7) is 6.09. The average molecular weight is 256 g/mol. The summed E-state index contributed by atoms with van der Waals surface area (Å²) in [4.78, 5) is 0. The normalized spacial score (nSPS) is 13.9. The zero-order valence-corrected chi connectivity index (χ0v) is 11.9. The van der Waals surface area contributed by atoms with Crippen molar-refractivity contribution in [2.24, 2.45) is 0 Å². The minimum Gasteiger partial charge on any atom is -0.419 e. The van der Waals surface area contributed by atoms with Crippen LogP contribution in [0.25, 0.3) is 0 Å². The molecule has 5 heteroatoms. The molecule has 0 aliphatic heterocycles. The van der Waals surface area contributed by atoms with Crippen LogP contribution in [0.4, 0.5) is 13.2 Å². The number of halogens is 3. The third kappa shape index (κ3) is 14.0. The molecule has 0 bridgehead atoms. The highest BCUT2D eigenvalue weighted by Crippen LogP contribution is 2.23. The van der Waals surface area contributed by atoms with Gasteiger partial charge in [-0.3, -0.25) is 0 Å². The second-order valence-electron chi connectivity index (χ2n) is 5.09. The van der Waals surface area contributed by atoms with E-state index in [1.807, 2.05) is 20.8 Å². The molecule has 0 rings (SSSR count). The molecule has 0 aromatic rings. The van der Waals surface area contributed by atoms with Crippen LogP contribution in [-0.2, 0) is 4.43 Å². The van der Waals surface area contributed by atoms with Gasteiger partial charge in [-0.15, -0.1) is 0 Å². The Kier molecular flexibility index (Phi) is 7.31. The Morgan fingerprint density at radius 3 is 2.00 bits per heavy atom. The maximum Gasteiger partial charge on any atom is 0.389 e. The van der Waals surface area contributed by atoms with Crippen LogP contribution in [0.2, 0.25) is 6.04 Å². The third-order valence-corrected chi connectivity index (χ3v) is 4.00. The second kappa shape index (κ2) is 7.32. The van der Waals surface area contributed by atoms with Crippen LogP contribution in [0.3, 0.4) is 0 Å². The van der Waals surface area contributed by atoms with E-state index in [-0.39, 0.29) is 12.0 Å². The first-order valence-corrected chi connectivity index (χ1v) is 7.49. The van der Waals surface area contributed by atoms with Crippen molar-refractivity contribution in [2.45, 2.75) is 70.7 Å². The molecular weight excluding hydrogens is 233 g/mol. The van der Waals surface area contributed by atoms with Gasteiger partial charge in [0, 0.05) is 12.0 Å². The van der Waals surface area contributed by atoms with Crippen LogP contribution in [0, 0.1) is 0 Å². The van der Waals surface area contributed by atoms with E-state index in [2.05, 4.69) is 0 Å². The van der Waals surface area contributed by atoms with Gasteiger partial charge in [0.15, 0.2) is 9.76 Å². The molecule has 1 nitrogen and oxygen atoms in total. The number of hydrogen-bond acceptors (Lipinski definition) is 1. The zero-order valence-electron chi connectivity index (χ0n) is 10.5. The van der Waals surface area contributed by atoms with E-state index < -0.39 is 22.4 Å². The van der Waals surface area contributed by atoms with Crippen molar-refractivity contribution in [1.82, 2.24) is 0 Å². The number of rotatable bonds is 7. The van der Waals surface area contributed by atoms with Crippen LogP contribution in [0.15, 0.2) is 0 Å². The Balaban J connectivity index is 3.17. The van der Waals surface area contributed by atoms with Gasteiger partial charge in [-0.1, -0.05) is 19.3 Å². The Morgan fingerprint density at radius 2 is 1.50 bits per heavy atom. The molecule has 0 heterocycles. The lowest BCUT2D eigenvalue weighted by Gasteiger charge is -2.19. The summed E-state index contributed by atoms with van der Waals surface area (Å²) in [7, 11) is -0.477. The summed E-state index contributed by atoms with van der Waals surface area (Å²) in [5.74, 6) is 0. The molecule has 0 spiro atoms. The highest BCUT2D eigenvalue weighted by molar-refractivity contribution is 6.27. The minimum atomic E-state index is -3.98. The van der Waals surface area contributed by atoms with Crippen molar-refractivity contribution >= 4 is 9.76 Å². The molecule has 0 N–H and O–H groups in total. The molecule has 16 heavy (non-hydrogen) atoms. The SMILES string of the molecule is CC(C)(C)O[SiH2]CCCCCCC(F)(F)F. The molecule has 0 atom stereocenters. The van der Waals surface area contributed by atoms with Crippen molar-refractivity contribution in [1.29, 1.82) is 0 Å². The number of unbranched alkanes of at least 4 members (excludes halogenated alkanes) is 3. The molecule has 98 valence electrons. The zero-order chi connectivity index (χ0) is 12.7. The van der Waals surface area contributed by atoms with Gasteiger partial charge in [-0.2, -0.15) is 13.2 Å². The van der Waals surface area contributed by atoms with Crippen LogP contribution in [0.5, 0.6) is 0 Å². The lowest BCUT2D eigenvalue weighted by atomic mass is 10.1. The van der Waals surface area contributed by atoms with Gasteiger partial charge in [0.1, 0.15) is 0 Å². The summed E-state index contributed by atoms with van der Waals surface area (Å²) in [5, 5.41) is 0. The summed E-state index contributed by atoms with van der Waals surface area (Å²) >= 11 is 0. The van der Waals surface area contributed by atoms with Crippen LogP contribution < -0.4 is 0 Å². The summed E-state index contributed by atoms with van der Waals surface area (Å²) in [6, 6.07) is 1.07. The smallest absolute Gasteiger partial charge is 0.389 e. The van der Waals surface area contributed by atoms with Crippen molar-refractivity contribution in [2.75, 3.05) is 0 Å². The van der Waals surface area contributed by atoms with Crippen molar-refractivity contribution in [3.63, 3.8) is 0 Å². The quantitative estimate of drug-likeness (QED) is 0.497. The summed E-state index contributed by atoms with van der Waals surface area (Å²) < 4.78 is 41.1. The number of hydrogen-bond donors (Lipinski definition) is 0. The van der Waals surface area contributed by atoms with E-state index in [4.69, 9.17) is 4.43 Å². The first-order valence-electron chi connectivity index (χ1n) is 5.91. The maximum atomic E-state index is 11.8. The van der Waals surface area contributed by atoms with E-state index in [1.54, 1.807) is 0 Å². The lowest BCUT2D eigenvalue weighted by molar-refractivity contribution is -0.135. The fraction of sp³-hybridized carbons (Fsp3) is 1.00. The Morgan fingerprint density at radius 1 is 0.938 bits per heavy atom. The molecule has 0 aromatic carbocycles. The van der Waals surface area contributed by atoms with Crippen molar-refractivity contribution in [3.8, 4) is 0 Å². The fourth-order valence-electron chi connectivity index (χ4n) is 1.34. The average Bonchev–Trinajstić information content (AvgIpc) is 2.06. The van der Waals surface area contributed by atoms with E-state index in [0.717, 1.165) is 18.9 Å². The molecule has 0 aliphatic rings. The van der Waals surface area contributed by atoms with E-state index in [0.29, 0.717) is 6.42 Å². The topological polar surface area (TPSA) is 9.23 Å². The monoisotopic (exact) mass is 256 g/mol. The van der Waals surface area contributed by atoms with Gasteiger partial charge < -0.3 is 4.43 Å². The standard InChI is InChI=1S/C11H23F3OSi/c1-10(2,3)15-16-9-7-5-4-6-8-11(12,13)14/h4-9,16H2,1-3H3. The predicted molar refractivity (Wildman–Crippen MR) is 63.3 cm³/mol. The lowest BCUT2D eigenvalue weighted by Crippen LogP contribution is -2.21. The fourth-order valence-corrected chi connectivity index (χ4v) is 2.65. The molecule has 0 amide bonds. The van der Waals surface area contributed by atoms with Gasteiger partial charge in [0.05, 0.1) is 0 Å². The summed E-state index contributed by atoms with van der Waals surface area (Å²) in [5.41, 5.74) is -0.0531. The van der Waals surface area contributed by atoms with Gasteiger partial charge in [0.25, 0.3) is 0 Å². The Bertz CT molecular complexity index is 155. The molecule has 0 radical (unpaired) electrons. The van der Waals surface area contributed by atoms with Crippen molar-refractivity contribution < 1.29 is 17.6 Å². The van der Waals surface area contributed by atoms with Gasteiger partial charge in [-0.25, -0.2) is 0 Å². The highest BCUT2D eigenvalue weighted by atomic mass is 28.2. The van der Waals surface area contributed by atoms with Crippen LogP contribution >= 0.6 is 0 Å². The molecular formula is C11H23F3OSi. The van der Waals surface area contributed by atoms with Gasteiger partial charge >= 0.3 is 6.18 Å². The van der Waals surface area contributed by atoms with E-state index >= 15 is 0 Å². The molecule has 0 fully saturated rings. The van der Waals surface area contributed by atoms with Crippen molar-refractivity contribution in [3.05, 3.63) is 0 Å². The Labute approximate surface area is 98.7 Å². The molecule has 0 unspecified atom stereocenters. The van der Waals surface area contributed by atoms with E-state index in [9.17, 15) is 13.2 Å².